The van der Waals surface area contributed by atoms with Gasteiger partial charge in [-0.1, -0.05) is 28.1 Å². The second-order valence-electron chi connectivity index (χ2n) is 5.58. The highest BCUT2D eigenvalue weighted by atomic mass is 79.9. The lowest BCUT2D eigenvalue weighted by atomic mass is 10.0. The topological polar surface area (TPSA) is 41.1 Å². The summed E-state index contributed by atoms with van der Waals surface area (Å²) in [6, 6.07) is 6.27. The van der Waals surface area contributed by atoms with Crippen LogP contribution in [-0.4, -0.2) is 25.5 Å². The smallest absolute Gasteiger partial charge is 0.220 e. The molecule has 0 radical (unpaired) electrons. The van der Waals surface area contributed by atoms with E-state index in [9.17, 15) is 4.79 Å². The van der Waals surface area contributed by atoms with Crippen LogP contribution < -0.4 is 10.6 Å². The molecule has 1 fully saturated rings. The summed E-state index contributed by atoms with van der Waals surface area (Å²) in [5, 5.41) is 6.38. The molecular formula is C16H24BrClN2O. The predicted octanol–water partition coefficient (Wildman–Crippen LogP) is 3.23. The Hall–Kier alpha value is -0.580. The zero-order chi connectivity index (χ0) is 14.4. The van der Waals surface area contributed by atoms with Crippen LogP contribution in [0.15, 0.2) is 22.7 Å². The summed E-state index contributed by atoms with van der Waals surface area (Å²) in [6.07, 6.45) is 3.72. The molecule has 2 rings (SSSR count). The lowest BCUT2D eigenvalue weighted by Crippen LogP contribution is -2.26. The summed E-state index contributed by atoms with van der Waals surface area (Å²) in [4.78, 5) is 11.8. The van der Waals surface area contributed by atoms with Crippen LogP contribution in [0.5, 0.6) is 0 Å². The predicted molar refractivity (Wildman–Crippen MR) is 93.1 cm³/mol. The summed E-state index contributed by atoms with van der Waals surface area (Å²) < 4.78 is 1.12. The molecule has 1 aliphatic rings. The molecule has 0 spiro atoms. The molecule has 1 amide bonds. The van der Waals surface area contributed by atoms with Gasteiger partial charge in [0.2, 0.25) is 5.91 Å². The molecule has 1 unspecified atom stereocenters. The fourth-order valence-corrected chi connectivity index (χ4v) is 2.83. The van der Waals surface area contributed by atoms with Crippen LogP contribution in [0, 0.1) is 12.8 Å². The summed E-state index contributed by atoms with van der Waals surface area (Å²) in [7, 11) is 0. The van der Waals surface area contributed by atoms with Gasteiger partial charge in [0.05, 0.1) is 0 Å². The van der Waals surface area contributed by atoms with Crippen molar-refractivity contribution in [3.05, 3.63) is 33.8 Å². The normalized spacial score (nSPS) is 17.3. The number of hydrogen-bond donors (Lipinski definition) is 2. The Labute approximate surface area is 141 Å². The average Bonchev–Trinajstić information content (AvgIpc) is 2.93. The second kappa shape index (κ2) is 9.44. The van der Waals surface area contributed by atoms with Crippen molar-refractivity contribution < 1.29 is 4.79 Å². The highest BCUT2D eigenvalue weighted by molar-refractivity contribution is 9.10. The third-order valence-corrected chi connectivity index (χ3v) is 4.79. The Morgan fingerprint density at radius 1 is 1.48 bits per heavy atom. The molecular weight excluding hydrogens is 352 g/mol. The highest BCUT2D eigenvalue weighted by Crippen LogP contribution is 2.18. The SMILES string of the molecule is Cc1cc(CCC(=O)NCCC2CCNC2)ccc1Br.Cl. The van der Waals surface area contributed by atoms with Gasteiger partial charge in [0.25, 0.3) is 0 Å². The van der Waals surface area contributed by atoms with Crippen LogP contribution in [0.2, 0.25) is 0 Å². The van der Waals surface area contributed by atoms with Gasteiger partial charge in [-0.2, -0.15) is 0 Å². The zero-order valence-electron chi connectivity index (χ0n) is 12.5. The first-order valence-corrected chi connectivity index (χ1v) is 8.17. The summed E-state index contributed by atoms with van der Waals surface area (Å²) in [5.41, 5.74) is 2.44. The molecule has 1 aliphatic heterocycles. The van der Waals surface area contributed by atoms with Crippen molar-refractivity contribution in [1.29, 1.82) is 0 Å². The van der Waals surface area contributed by atoms with Crippen LogP contribution in [0.3, 0.4) is 0 Å². The molecule has 5 heteroatoms. The van der Waals surface area contributed by atoms with Crippen LogP contribution in [0.4, 0.5) is 0 Å². The molecule has 0 aromatic heterocycles. The van der Waals surface area contributed by atoms with Crippen molar-refractivity contribution in [2.45, 2.75) is 32.6 Å². The monoisotopic (exact) mass is 374 g/mol. The van der Waals surface area contributed by atoms with E-state index < -0.39 is 0 Å². The number of nitrogens with one attached hydrogen (secondary N) is 2. The Bertz CT molecular complexity index is 462. The fraction of sp³-hybridized carbons (Fsp3) is 0.562. The van der Waals surface area contributed by atoms with Gasteiger partial charge in [-0.25, -0.2) is 0 Å². The quantitative estimate of drug-likeness (QED) is 0.801. The van der Waals surface area contributed by atoms with Crippen molar-refractivity contribution in [2.75, 3.05) is 19.6 Å². The molecule has 1 aromatic rings. The number of carbonyl (C=O) groups is 1. The van der Waals surface area contributed by atoms with E-state index in [1.54, 1.807) is 0 Å². The van der Waals surface area contributed by atoms with E-state index in [0.29, 0.717) is 6.42 Å². The molecule has 118 valence electrons. The van der Waals surface area contributed by atoms with Gasteiger partial charge in [0, 0.05) is 17.4 Å². The average molecular weight is 376 g/mol. The Morgan fingerprint density at radius 2 is 2.29 bits per heavy atom. The van der Waals surface area contributed by atoms with Gasteiger partial charge in [-0.15, -0.1) is 12.4 Å². The maximum Gasteiger partial charge on any atom is 0.220 e. The largest absolute Gasteiger partial charge is 0.356 e. The van der Waals surface area contributed by atoms with Crippen molar-refractivity contribution in [2.24, 2.45) is 5.92 Å². The number of hydrogen-bond acceptors (Lipinski definition) is 2. The lowest BCUT2D eigenvalue weighted by molar-refractivity contribution is -0.121. The first-order chi connectivity index (χ1) is 9.65. The molecule has 21 heavy (non-hydrogen) atoms. The third-order valence-electron chi connectivity index (χ3n) is 3.90. The van der Waals surface area contributed by atoms with E-state index in [0.717, 1.165) is 42.9 Å². The Kier molecular flexibility index (Phi) is 8.30. The standard InChI is InChI=1S/C16H23BrN2O.ClH/c1-12-10-13(2-4-15(12)17)3-5-16(20)19-9-7-14-6-8-18-11-14;/h2,4,10,14,18H,3,5-9,11H2,1H3,(H,19,20);1H. The number of carbonyl (C=O) groups excluding carboxylic acids is 1. The minimum atomic E-state index is 0. The van der Waals surface area contributed by atoms with Gasteiger partial charge in [0.1, 0.15) is 0 Å². The van der Waals surface area contributed by atoms with Crippen molar-refractivity contribution in [1.82, 2.24) is 10.6 Å². The summed E-state index contributed by atoms with van der Waals surface area (Å²) in [6.45, 7) is 5.11. The molecule has 0 saturated carbocycles. The van der Waals surface area contributed by atoms with E-state index in [2.05, 4.69) is 51.7 Å². The number of aryl methyl sites for hydroxylation is 2. The van der Waals surface area contributed by atoms with Crippen LogP contribution >= 0.6 is 28.3 Å². The molecule has 0 aliphatic carbocycles. The van der Waals surface area contributed by atoms with Crippen molar-refractivity contribution in [3.8, 4) is 0 Å². The van der Waals surface area contributed by atoms with Crippen LogP contribution in [0.25, 0.3) is 0 Å². The van der Waals surface area contributed by atoms with Crippen molar-refractivity contribution in [3.63, 3.8) is 0 Å². The van der Waals surface area contributed by atoms with Crippen LogP contribution in [0.1, 0.15) is 30.4 Å². The van der Waals surface area contributed by atoms with E-state index in [4.69, 9.17) is 0 Å². The van der Waals surface area contributed by atoms with Gasteiger partial charge in [-0.05, 0) is 62.4 Å². The minimum absolute atomic E-state index is 0. The summed E-state index contributed by atoms with van der Waals surface area (Å²) >= 11 is 3.49. The fourth-order valence-electron chi connectivity index (χ4n) is 2.59. The second-order valence-corrected chi connectivity index (χ2v) is 6.44. The molecule has 1 atom stereocenters. The molecule has 1 saturated heterocycles. The Morgan fingerprint density at radius 3 is 2.95 bits per heavy atom. The lowest BCUT2D eigenvalue weighted by Gasteiger charge is -2.09. The zero-order valence-corrected chi connectivity index (χ0v) is 14.9. The molecule has 1 heterocycles. The first kappa shape index (κ1) is 18.5. The van der Waals surface area contributed by atoms with Gasteiger partial charge >= 0.3 is 0 Å². The number of benzene rings is 1. The highest BCUT2D eigenvalue weighted by Gasteiger charge is 2.14. The Balaban J connectivity index is 0.00000220. The first-order valence-electron chi connectivity index (χ1n) is 7.37. The van der Waals surface area contributed by atoms with E-state index in [-0.39, 0.29) is 18.3 Å². The molecule has 2 N–H and O–H groups in total. The van der Waals surface area contributed by atoms with Gasteiger partial charge in [-0.3, -0.25) is 4.79 Å². The van der Waals surface area contributed by atoms with E-state index in [1.807, 2.05) is 0 Å². The molecule has 0 bridgehead atoms. The van der Waals surface area contributed by atoms with E-state index in [1.165, 1.54) is 17.5 Å². The van der Waals surface area contributed by atoms with Crippen molar-refractivity contribution >= 4 is 34.2 Å². The molecule has 1 aromatic carbocycles. The third kappa shape index (κ3) is 6.37. The maximum absolute atomic E-state index is 11.8. The van der Waals surface area contributed by atoms with Crippen LogP contribution in [-0.2, 0) is 11.2 Å². The molecule has 3 nitrogen and oxygen atoms in total. The minimum Gasteiger partial charge on any atom is -0.356 e. The number of rotatable bonds is 6. The van der Waals surface area contributed by atoms with Gasteiger partial charge < -0.3 is 10.6 Å². The number of amides is 1. The number of halogens is 2. The van der Waals surface area contributed by atoms with E-state index >= 15 is 0 Å². The summed E-state index contributed by atoms with van der Waals surface area (Å²) in [5.74, 6) is 0.904. The maximum atomic E-state index is 11.8. The van der Waals surface area contributed by atoms with Gasteiger partial charge in [0.15, 0.2) is 0 Å².